The third-order valence-corrected chi connectivity index (χ3v) is 0.285. The minimum atomic E-state index is 0.383. The summed E-state index contributed by atoms with van der Waals surface area (Å²) in [7, 11) is 0. The van der Waals surface area contributed by atoms with Crippen LogP contribution >= 0.6 is 0 Å². The highest BCUT2D eigenvalue weighted by Gasteiger charge is 1.71. The first-order chi connectivity index (χ1) is 2.91. The largest absolute Gasteiger partial charge is 0.237 e. The van der Waals surface area contributed by atoms with Crippen LogP contribution in [0.15, 0.2) is 0 Å². The van der Waals surface area contributed by atoms with Gasteiger partial charge in [0.2, 0.25) is 0 Å². The average Bonchev–Trinajstić information content (AvgIpc) is 1.61. The molecule has 0 saturated heterocycles. The molecular weight excluding hydrogens is 80.0 g/mol. The van der Waals surface area contributed by atoms with Crippen molar-refractivity contribution in [2.45, 2.75) is 6.92 Å². The van der Waals surface area contributed by atoms with Gasteiger partial charge in [0, 0.05) is 0 Å². The fourth-order valence-corrected chi connectivity index (χ4v) is 0.142. The SMILES string of the molecule is [CH2]COOCC. The maximum absolute atomic E-state index is 4.42. The van der Waals surface area contributed by atoms with E-state index in [1.165, 1.54) is 0 Å². The Labute approximate surface area is 38.0 Å². The van der Waals surface area contributed by atoms with Gasteiger partial charge in [-0.15, -0.1) is 0 Å². The van der Waals surface area contributed by atoms with Gasteiger partial charge in [0.1, 0.15) is 0 Å². The lowest BCUT2D eigenvalue weighted by atomic mass is 10.9. The van der Waals surface area contributed by atoms with E-state index in [4.69, 9.17) is 0 Å². The minimum absolute atomic E-state index is 0.383. The van der Waals surface area contributed by atoms with Gasteiger partial charge < -0.3 is 0 Å². The van der Waals surface area contributed by atoms with Crippen LogP contribution in [-0.4, -0.2) is 13.2 Å². The van der Waals surface area contributed by atoms with E-state index in [9.17, 15) is 0 Å². The lowest BCUT2D eigenvalue weighted by Gasteiger charge is -1.92. The second-order valence-corrected chi connectivity index (χ2v) is 0.729. The fraction of sp³-hybridized carbons (Fsp3) is 0.750. The summed E-state index contributed by atoms with van der Waals surface area (Å²) in [5.74, 6) is 0. The maximum Gasteiger partial charge on any atom is 0.0823 e. The van der Waals surface area contributed by atoms with Gasteiger partial charge in [-0.1, -0.05) is 0 Å². The van der Waals surface area contributed by atoms with Crippen LogP contribution in [-0.2, 0) is 9.78 Å². The molecule has 37 valence electrons. The summed E-state index contributed by atoms with van der Waals surface area (Å²) < 4.78 is 0. The van der Waals surface area contributed by atoms with E-state index < -0.39 is 0 Å². The van der Waals surface area contributed by atoms with E-state index in [0.717, 1.165) is 0 Å². The van der Waals surface area contributed by atoms with E-state index in [1.54, 1.807) is 0 Å². The predicted molar refractivity (Wildman–Crippen MR) is 22.9 cm³/mol. The van der Waals surface area contributed by atoms with Crippen LogP contribution in [0.3, 0.4) is 0 Å². The second-order valence-electron chi connectivity index (χ2n) is 0.729. The van der Waals surface area contributed by atoms with Crippen molar-refractivity contribution < 1.29 is 9.78 Å². The lowest BCUT2D eigenvalue weighted by molar-refractivity contribution is -0.283. The van der Waals surface area contributed by atoms with Gasteiger partial charge in [0.05, 0.1) is 13.2 Å². The van der Waals surface area contributed by atoms with Gasteiger partial charge in [-0.3, -0.25) is 0 Å². The molecule has 0 N–H and O–H groups in total. The van der Waals surface area contributed by atoms with Crippen LogP contribution in [0.1, 0.15) is 6.92 Å². The highest BCUT2D eigenvalue weighted by atomic mass is 17.2. The van der Waals surface area contributed by atoms with Crippen LogP contribution in [0, 0.1) is 6.92 Å². The molecule has 2 heteroatoms. The Bertz CT molecular complexity index is 17.5. The van der Waals surface area contributed by atoms with Crippen molar-refractivity contribution >= 4 is 0 Å². The van der Waals surface area contributed by atoms with Crippen LogP contribution < -0.4 is 0 Å². The molecule has 0 fully saturated rings. The number of rotatable bonds is 3. The zero-order chi connectivity index (χ0) is 4.83. The average molecular weight is 89.1 g/mol. The molecule has 0 atom stereocenters. The molecule has 0 saturated carbocycles. The zero-order valence-corrected chi connectivity index (χ0v) is 3.94. The molecule has 0 amide bonds. The molecule has 0 rings (SSSR count). The van der Waals surface area contributed by atoms with Crippen molar-refractivity contribution in [2.75, 3.05) is 13.2 Å². The molecule has 6 heavy (non-hydrogen) atoms. The first kappa shape index (κ1) is 5.92. The zero-order valence-electron chi connectivity index (χ0n) is 3.94. The first-order valence-electron chi connectivity index (χ1n) is 1.95. The van der Waals surface area contributed by atoms with Crippen molar-refractivity contribution in [3.8, 4) is 0 Å². The van der Waals surface area contributed by atoms with Crippen molar-refractivity contribution in [1.82, 2.24) is 0 Å². The third kappa shape index (κ3) is 3.92. The standard InChI is InChI=1S/C4H9O2/c1-3-5-6-4-2/h1,3-4H2,2H3. The van der Waals surface area contributed by atoms with E-state index in [-0.39, 0.29) is 0 Å². The van der Waals surface area contributed by atoms with E-state index >= 15 is 0 Å². The Kier molecular flexibility index (Phi) is 4.85. The van der Waals surface area contributed by atoms with Crippen LogP contribution in [0.4, 0.5) is 0 Å². The summed E-state index contributed by atoms with van der Waals surface area (Å²) in [6, 6.07) is 0. The van der Waals surface area contributed by atoms with E-state index in [1.807, 2.05) is 6.92 Å². The van der Waals surface area contributed by atoms with E-state index in [0.29, 0.717) is 13.2 Å². The molecular formula is C4H9O2. The number of hydrogen-bond acceptors (Lipinski definition) is 2. The Balaban J connectivity index is 2.34. The Hall–Kier alpha value is -0.0800. The number of hydrogen-bond donors (Lipinski definition) is 0. The smallest absolute Gasteiger partial charge is 0.0823 e. The van der Waals surface area contributed by atoms with Crippen molar-refractivity contribution in [3.05, 3.63) is 6.92 Å². The highest BCUT2D eigenvalue weighted by Crippen LogP contribution is 1.71. The summed E-state index contributed by atoms with van der Waals surface area (Å²) in [6.45, 7) is 6.21. The molecule has 1 radical (unpaired) electrons. The van der Waals surface area contributed by atoms with Crippen molar-refractivity contribution in [1.29, 1.82) is 0 Å². The monoisotopic (exact) mass is 89.1 g/mol. The van der Waals surface area contributed by atoms with Gasteiger partial charge in [-0.2, -0.15) is 0 Å². The first-order valence-corrected chi connectivity index (χ1v) is 1.95. The fourth-order valence-electron chi connectivity index (χ4n) is 0.142. The summed E-state index contributed by atoms with van der Waals surface area (Å²) in [4.78, 5) is 8.79. The Morgan fingerprint density at radius 1 is 1.50 bits per heavy atom. The molecule has 0 aromatic rings. The van der Waals surface area contributed by atoms with Crippen LogP contribution in [0.5, 0.6) is 0 Å². The van der Waals surface area contributed by atoms with Gasteiger partial charge in [0.25, 0.3) is 0 Å². The summed E-state index contributed by atoms with van der Waals surface area (Å²) in [5, 5.41) is 0. The van der Waals surface area contributed by atoms with Crippen molar-refractivity contribution in [2.24, 2.45) is 0 Å². The Morgan fingerprint density at radius 2 is 2.17 bits per heavy atom. The molecule has 0 aliphatic rings. The molecule has 0 aromatic heterocycles. The quantitative estimate of drug-likeness (QED) is 0.289. The van der Waals surface area contributed by atoms with Gasteiger partial charge in [-0.25, -0.2) is 9.78 Å². The second kappa shape index (κ2) is 4.92. The molecule has 0 spiro atoms. The maximum atomic E-state index is 4.42. The van der Waals surface area contributed by atoms with Crippen LogP contribution in [0.2, 0.25) is 0 Å². The lowest BCUT2D eigenvalue weighted by Crippen LogP contribution is -1.90. The normalized spacial score (nSPS) is 9.00. The highest BCUT2D eigenvalue weighted by molar-refractivity contribution is 4.19. The molecule has 0 heterocycles. The molecule has 0 aliphatic heterocycles. The molecule has 0 aliphatic carbocycles. The summed E-state index contributed by atoms with van der Waals surface area (Å²) in [5.41, 5.74) is 0. The molecule has 0 aromatic carbocycles. The Morgan fingerprint density at radius 3 is 2.33 bits per heavy atom. The molecule has 2 nitrogen and oxygen atoms in total. The van der Waals surface area contributed by atoms with Crippen molar-refractivity contribution in [3.63, 3.8) is 0 Å². The molecule has 0 bridgehead atoms. The predicted octanol–water partition coefficient (Wildman–Crippen LogP) is 0.789. The van der Waals surface area contributed by atoms with Gasteiger partial charge in [-0.05, 0) is 13.8 Å². The molecule has 0 unspecified atom stereocenters. The van der Waals surface area contributed by atoms with Gasteiger partial charge >= 0.3 is 0 Å². The summed E-state index contributed by atoms with van der Waals surface area (Å²) in [6.07, 6.45) is 0. The van der Waals surface area contributed by atoms with Gasteiger partial charge in [0.15, 0.2) is 0 Å². The van der Waals surface area contributed by atoms with E-state index in [2.05, 4.69) is 16.7 Å². The van der Waals surface area contributed by atoms with Crippen LogP contribution in [0.25, 0.3) is 0 Å². The minimum Gasteiger partial charge on any atom is -0.237 e. The topological polar surface area (TPSA) is 18.5 Å². The third-order valence-electron chi connectivity index (χ3n) is 0.285. The summed E-state index contributed by atoms with van der Waals surface area (Å²) >= 11 is 0.